The Labute approximate surface area is 117 Å². The quantitative estimate of drug-likeness (QED) is 0.748. The lowest BCUT2D eigenvalue weighted by molar-refractivity contribution is 0.100. The van der Waals surface area contributed by atoms with Gasteiger partial charge in [0.05, 0.1) is 11.1 Å². The Hall–Kier alpha value is -1.91. The molecule has 2 heterocycles. The highest BCUT2D eigenvalue weighted by molar-refractivity contribution is 6.20. The Balaban J connectivity index is 2.17. The van der Waals surface area contributed by atoms with Gasteiger partial charge in [0.1, 0.15) is 5.84 Å². The molecule has 0 radical (unpaired) electrons. The molecule has 106 valence electrons. The minimum Gasteiger partial charge on any atom is -0.383 e. The summed E-state index contributed by atoms with van der Waals surface area (Å²) in [4.78, 5) is 30.7. The SMILES string of the molecule is CC(C)(C)[C@@H]1CCc2[nH]c(=O)c3c(c2C1)C(=O)N=C3N. The monoisotopic (exact) mass is 273 g/mol. The number of hydrogen-bond donors (Lipinski definition) is 2. The molecule has 2 aliphatic rings. The van der Waals surface area contributed by atoms with Crippen molar-refractivity contribution in [2.75, 3.05) is 0 Å². The molecule has 5 heteroatoms. The van der Waals surface area contributed by atoms with E-state index in [-0.39, 0.29) is 28.3 Å². The number of amidine groups is 1. The van der Waals surface area contributed by atoms with E-state index in [2.05, 4.69) is 30.7 Å². The standard InChI is InChI=1S/C15H19N3O2/c1-15(2,3)7-4-5-9-8(6-7)10-11(14(20)17-9)12(16)18-13(10)19/h7H,4-6H2,1-3H3,(H,17,20)(H2,16,18,19)/t7-/m1/s1. The fraction of sp³-hybridized carbons (Fsp3) is 0.533. The molecule has 0 saturated heterocycles. The van der Waals surface area contributed by atoms with Crippen molar-refractivity contribution < 1.29 is 4.79 Å². The number of aromatic amines is 1. The molecule has 0 saturated carbocycles. The van der Waals surface area contributed by atoms with Crippen LogP contribution in [0.15, 0.2) is 9.79 Å². The first kappa shape index (κ1) is 13.1. The van der Waals surface area contributed by atoms with Gasteiger partial charge in [-0.05, 0) is 36.2 Å². The van der Waals surface area contributed by atoms with E-state index in [0.717, 1.165) is 30.5 Å². The first-order valence-corrected chi connectivity index (χ1v) is 6.96. The lowest BCUT2D eigenvalue weighted by Gasteiger charge is -2.35. The van der Waals surface area contributed by atoms with Crippen molar-refractivity contribution in [3.05, 3.63) is 32.7 Å². The van der Waals surface area contributed by atoms with Crippen LogP contribution in [0.4, 0.5) is 0 Å². The maximum Gasteiger partial charge on any atom is 0.280 e. The highest BCUT2D eigenvalue weighted by Gasteiger charge is 2.35. The van der Waals surface area contributed by atoms with Gasteiger partial charge in [-0.1, -0.05) is 20.8 Å². The predicted molar refractivity (Wildman–Crippen MR) is 77.1 cm³/mol. The number of hydrogen-bond acceptors (Lipinski definition) is 3. The third kappa shape index (κ3) is 1.80. The molecule has 0 spiro atoms. The Morgan fingerprint density at radius 1 is 1.25 bits per heavy atom. The second-order valence-electron chi connectivity index (χ2n) is 6.77. The van der Waals surface area contributed by atoms with Gasteiger partial charge < -0.3 is 10.7 Å². The largest absolute Gasteiger partial charge is 0.383 e. The topological polar surface area (TPSA) is 88.3 Å². The van der Waals surface area contributed by atoms with Crippen LogP contribution >= 0.6 is 0 Å². The summed E-state index contributed by atoms with van der Waals surface area (Å²) < 4.78 is 0. The van der Waals surface area contributed by atoms with E-state index in [1.807, 2.05) is 0 Å². The van der Waals surface area contributed by atoms with Gasteiger partial charge in [0.15, 0.2) is 0 Å². The summed E-state index contributed by atoms with van der Waals surface area (Å²) in [5, 5.41) is 0. The van der Waals surface area contributed by atoms with E-state index in [0.29, 0.717) is 11.5 Å². The minimum absolute atomic E-state index is 0.0481. The molecule has 0 fully saturated rings. The molecular weight excluding hydrogens is 254 g/mol. The van der Waals surface area contributed by atoms with E-state index in [1.54, 1.807) is 0 Å². The van der Waals surface area contributed by atoms with Crippen molar-refractivity contribution in [2.45, 2.75) is 40.0 Å². The Bertz CT molecular complexity index is 692. The second kappa shape index (κ2) is 4.04. The summed E-state index contributed by atoms with van der Waals surface area (Å²) in [5.74, 6) is 0.168. The molecule has 1 aromatic rings. The first-order chi connectivity index (χ1) is 9.29. The van der Waals surface area contributed by atoms with E-state index < -0.39 is 0 Å². The zero-order chi connectivity index (χ0) is 14.7. The molecule has 1 amide bonds. The third-order valence-corrected chi connectivity index (χ3v) is 4.52. The molecule has 3 N–H and O–H groups in total. The maximum atomic E-state index is 12.0. The lowest BCUT2D eigenvalue weighted by Crippen LogP contribution is -2.32. The van der Waals surface area contributed by atoms with Crippen molar-refractivity contribution in [3.63, 3.8) is 0 Å². The van der Waals surface area contributed by atoms with Crippen LogP contribution in [-0.2, 0) is 12.8 Å². The third-order valence-electron chi connectivity index (χ3n) is 4.52. The summed E-state index contributed by atoms with van der Waals surface area (Å²) in [6, 6.07) is 0. The van der Waals surface area contributed by atoms with Crippen LogP contribution in [0.1, 0.15) is 54.4 Å². The lowest BCUT2D eigenvalue weighted by atomic mass is 9.70. The van der Waals surface area contributed by atoms with E-state index in [4.69, 9.17) is 5.73 Å². The van der Waals surface area contributed by atoms with E-state index in [1.165, 1.54) is 0 Å². The molecular formula is C15H19N3O2. The van der Waals surface area contributed by atoms with Gasteiger partial charge in [0.25, 0.3) is 11.5 Å². The number of aliphatic imine (C=N–C) groups is 1. The number of nitrogens with one attached hydrogen (secondary N) is 1. The summed E-state index contributed by atoms with van der Waals surface area (Å²) in [6.07, 6.45) is 2.62. The number of aryl methyl sites for hydroxylation is 1. The van der Waals surface area contributed by atoms with Crippen molar-refractivity contribution in [3.8, 4) is 0 Å². The number of H-pyrrole nitrogens is 1. The fourth-order valence-electron chi connectivity index (χ4n) is 3.24. The number of carbonyl (C=O) groups is 1. The molecule has 0 unspecified atom stereocenters. The van der Waals surface area contributed by atoms with Crippen LogP contribution in [0.3, 0.4) is 0 Å². The number of carbonyl (C=O) groups excluding carboxylic acids is 1. The van der Waals surface area contributed by atoms with Crippen LogP contribution in [0.5, 0.6) is 0 Å². The number of fused-ring (bicyclic) bond motifs is 3. The number of nitrogens with two attached hydrogens (primary N) is 1. The molecule has 0 bridgehead atoms. The molecule has 20 heavy (non-hydrogen) atoms. The van der Waals surface area contributed by atoms with Crippen LogP contribution in [0.25, 0.3) is 0 Å². The van der Waals surface area contributed by atoms with Gasteiger partial charge in [0.2, 0.25) is 0 Å². The summed E-state index contributed by atoms with van der Waals surface area (Å²) >= 11 is 0. The summed E-state index contributed by atoms with van der Waals surface area (Å²) in [6.45, 7) is 6.63. The molecule has 1 aliphatic heterocycles. The highest BCUT2D eigenvalue weighted by atomic mass is 16.2. The van der Waals surface area contributed by atoms with Crippen LogP contribution in [-0.4, -0.2) is 16.7 Å². The first-order valence-electron chi connectivity index (χ1n) is 6.96. The normalized spacial score (nSPS) is 21.4. The Morgan fingerprint density at radius 2 is 1.95 bits per heavy atom. The number of amides is 1. The molecule has 1 aromatic heterocycles. The van der Waals surface area contributed by atoms with Crippen LogP contribution < -0.4 is 11.3 Å². The van der Waals surface area contributed by atoms with Gasteiger partial charge in [-0.15, -0.1) is 0 Å². The van der Waals surface area contributed by atoms with E-state index >= 15 is 0 Å². The van der Waals surface area contributed by atoms with Gasteiger partial charge >= 0.3 is 0 Å². The zero-order valence-electron chi connectivity index (χ0n) is 12.0. The fourth-order valence-corrected chi connectivity index (χ4v) is 3.24. The average molecular weight is 273 g/mol. The Morgan fingerprint density at radius 3 is 2.60 bits per heavy atom. The van der Waals surface area contributed by atoms with Gasteiger partial charge in [0, 0.05) is 5.69 Å². The van der Waals surface area contributed by atoms with Crippen LogP contribution in [0.2, 0.25) is 0 Å². The molecule has 1 atom stereocenters. The summed E-state index contributed by atoms with van der Waals surface area (Å²) in [5.41, 5.74) is 8.12. The number of pyridine rings is 1. The van der Waals surface area contributed by atoms with Crippen molar-refractivity contribution in [2.24, 2.45) is 22.1 Å². The van der Waals surface area contributed by atoms with Gasteiger partial charge in [-0.25, -0.2) is 0 Å². The van der Waals surface area contributed by atoms with Crippen LogP contribution in [0, 0.1) is 11.3 Å². The minimum atomic E-state index is -0.366. The van der Waals surface area contributed by atoms with Crippen molar-refractivity contribution >= 4 is 11.7 Å². The molecule has 5 nitrogen and oxygen atoms in total. The van der Waals surface area contributed by atoms with Crippen molar-refractivity contribution in [1.29, 1.82) is 0 Å². The molecule has 3 rings (SSSR count). The van der Waals surface area contributed by atoms with Gasteiger partial charge in [-0.3, -0.25) is 9.59 Å². The highest BCUT2D eigenvalue weighted by Crippen LogP contribution is 2.38. The maximum absolute atomic E-state index is 12.0. The predicted octanol–water partition coefficient (Wildman–Crippen LogP) is 1.39. The molecule has 0 aromatic carbocycles. The number of rotatable bonds is 0. The smallest absolute Gasteiger partial charge is 0.280 e. The average Bonchev–Trinajstić information content (AvgIpc) is 2.64. The van der Waals surface area contributed by atoms with Gasteiger partial charge in [-0.2, -0.15) is 4.99 Å². The number of aromatic nitrogens is 1. The summed E-state index contributed by atoms with van der Waals surface area (Å²) in [7, 11) is 0. The Kier molecular flexibility index (Phi) is 2.64. The molecule has 1 aliphatic carbocycles. The second-order valence-corrected chi connectivity index (χ2v) is 6.77. The zero-order valence-corrected chi connectivity index (χ0v) is 12.0. The number of nitrogens with zero attached hydrogens (tertiary/aromatic N) is 1. The van der Waals surface area contributed by atoms with E-state index in [9.17, 15) is 9.59 Å². The van der Waals surface area contributed by atoms with Crippen molar-refractivity contribution in [1.82, 2.24) is 4.98 Å².